The molecule has 5 aromatic carbocycles. The van der Waals surface area contributed by atoms with E-state index in [9.17, 15) is 0 Å². The molecule has 50 heavy (non-hydrogen) atoms. The predicted octanol–water partition coefficient (Wildman–Crippen LogP) is 9.60. The SMILES string of the molecule is CC(C)c1ccccc1-c1ccnc(-n2c3[c-]c([Si](C)(C)c4[c-]c(N5[OH+]N(C(C)C)c6ccccc65)ccc4)ccc3c3ccccc32)c1.[Pt]. The average molecular weight is 853 g/mol. The van der Waals surface area contributed by atoms with Crippen LogP contribution in [0.25, 0.3) is 38.8 Å². The third-order valence-electron chi connectivity index (χ3n) is 9.84. The minimum absolute atomic E-state index is 0. The fourth-order valence-corrected chi connectivity index (χ4v) is 9.32. The van der Waals surface area contributed by atoms with Gasteiger partial charge < -0.3 is 4.57 Å². The van der Waals surface area contributed by atoms with Crippen LogP contribution in [0.3, 0.4) is 0 Å². The second-order valence-corrected chi connectivity index (χ2v) is 18.4. The van der Waals surface area contributed by atoms with Crippen molar-refractivity contribution >= 4 is 57.3 Å². The first kappa shape index (κ1) is 34.0. The summed E-state index contributed by atoms with van der Waals surface area (Å²) in [6, 6.07) is 49.2. The summed E-state index contributed by atoms with van der Waals surface area (Å²) in [5.41, 5.74) is 9.08. The van der Waals surface area contributed by atoms with Gasteiger partial charge in [-0.05, 0) is 72.2 Å². The van der Waals surface area contributed by atoms with Crippen LogP contribution in [0.2, 0.25) is 13.1 Å². The Hall–Kier alpha value is -4.48. The van der Waals surface area contributed by atoms with Crippen molar-refractivity contribution in [1.82, 2.24) is 9.55 Å². The standard InChI is InChI=1S/C43H40N4OSi.Pt/c1-29(2)35-16-7-8-17-36(35)31-24-25-44-43(26-31)45-39-19-10-9-18-37(39)38-23-22-34(28-42(38)45)49(5,6)33-15-13-14-32(27-33)47-41-21-12-11-20-40(41)46(48-47)30(3)4;/h7-26,29-30H,1-6H3;/q-2;/p+1. The van der Waals surface area contributed by atoms with Crippen LogP contribution in [0.15, 0.2) is 121 Å². The monoisotopic (exact) mass is 852 g/mol. The first-order valence-electron chi connectivity index (χ1n) is 17.2. The molecular weight excluding hydrogens is 812 g/mol. The van der Waals surface area contributed by atoms with Gasteiger partial charge in [0.1, 0.15) is 17.2 Å². The van der Waals surface area contributed by atoms with E-state index in [1.54, 1.807) is 0 Å². The molecule has 1 N–H and O–H groups in total. The van der Waals surface area contributed by atoms with Crippen LogP contribution in [0.4, 0.5) is 17.1 Å². The molecule has 254 valence electrons. The third-order valence-corrected chi connectivity index (χ3v) is 13.1. The van der Waals surface area contributed by atoms with Crippen molar-refractivity contribution in [2.45, 2.75) is 52.7 Å². The fraction of sp³-hybridized carbons (Fsp3) is 0.186. The maximum absolute atomic E-state index is 5.01. The van der Waals surface area contributed by atoms with Gasteiger partial charge in [-0.15, -0.1) is 21.6 Å². The molecule has 0 unspecified atom stereocenters. The van der Waals surface area contributed by atoms with E-state index in [0.29, 0.717) is 5.92 Å². The van der Waals surface area contributed by atoms with Crippen molar-refractivity contribution in [2.24, 2.45) is 0 Å². The number of hydrogen-bond acceptors (Lipinski definition) is 3. The molecule has 0 fully saturated rings. The summed E-state index contributed by atoms with van der Waals surface area (Å²) in [5, 5.41) is 8.93. The molecule has 3 heterocycles. The number of benzene rings is 5. The van der Waals surface area contributed by atoms with Crippen molar-refractivity contribution in [3.63, 3.8) is 0 Å². The molecule has 0 radical (unpaired) electrons. The maximum Gasteiger partial charge on any atom is 0.145 e. The zero-order valence-electron chi connectivity index (χ0n) is 29.3. The molecule has 2 aromatic heterocycles. The number of para-hydroxylation sites is 3. The molecule has 7 aromatic rings. The van der Waals surface area contributed by atoms with Gasteiger partial charge in [0.25, 0.3) is 0 Å². The average Bonchev–Trinajstić information content (AvgIpc) is 3.68. The van der Waals surface area contributed by atoms with Crippen LogP contribution >= 0.6 is 0 Å². The Morgan fingerprint density at radius 2 is 1.42 bits per heavy atom. The van der Waals surface area contributed by atoms with Crippen LogP contribution in [0, 0.1) is 12.1 Å². The molecule has 0 atom stereocenters. The first-order chi connectivity index (χ1) is 23.7. The van der Waals surface area contributed by atoms with E-state index in [0.717, 1.165) is 33.9 Å². The van der Waals surface area contributed by atoms with Crippen LogP contribution in [-0.4, -0.2) is 28.6 Å². The zero-order valence-corrected chi connectivity index (χ0v) is 32.5. The van der Waals surface area contributed by atoms with Crippen molar-refractivity contribution in [3.05, 3.63) is 139 Å². The summed E-state index contributed by atoms with van der Waals surface area (Å²) in [5.74, 6) is 1.31. The number of fused-ring (bicyclic) bond motifs is 4. The van der Waals surface area contributed by atoms with E-state index in [1.165, 1.54) is 37.8 Å². The number of aromatic nitrogens is 2. The van der Waals surface area contributed by atoms with E-state index >= 15 is 0 Å². The maximum atomic E-state index is 5.01. The Morgan fingerprint density at radius 3 is 2.22 bits per heavy atom. The van der Waals surface area contributed by atoms with Gasteiger partial charge in [-0.2, -0.15) is 51.7 Å². The summed E-state index contributed by atoms with van der Waals surface area (Å²) in [7, 11) is -2.27. The summed E-state index contributed by atoms with van der Waals surface area (Å²) >= 11 is 0. The second-order valence-electron chi connectivity index (χ2n) is 14.0. The molecule has 1 aliphatic rings. The van der Waals surface area contributed by atoms with Crippen molar-refractivity contribution < 1.29 is 26.0 Å². The van der Waals surface area contributed by atoms with Crippen molar-refractivity contribution in [2.75, 3.05) is 10.1 Å². The molecule has 0 saturated heterocycles. The van der Waals surface area contributed by atoms with Crippen LogP contribution in [0.5, 0.6) is 0 Å². The minimum Gasteiger partial charge on any atom is -0.319 e. The largest absolute Gasteiger partial charge is 0.319 e. The number of hydroxylamine groups is 1. The van der Waals surface area contributed by atoms with Gasteiger partial charge in [0.05, 0.1) is 14.1 Å². The fourth-order valence-electron chi connectivity index (χ4n) is 7.15. The molecule has 0 saturated carbocycles. The molecule has 0 amide bonds. The van der Waals surface area contributed by atoms with E-state index in [-0.39, 0.29) is 27.1 Å². The summed E-state index contributed by atoms with van der Waals surface area (Å²) in [6.45, 7) is 13.6. The Labute approximate surface area is 310 Å². The number of nitrogens with zero attached hydrogens (tertiary/aromatic N) is 4. The third kappa shape index (κ3) is 5.70. The van der Waals surface area contributed by atoms with Crippen molar-refractivity contribution in [1.29, 1.82) is 0 Å². The van der Waals surface area contributed by atoms with Gasteiger partial charge in [0, 0.05) is 38.5 Å². The number of hydrogen-bond donors (Lipinski definition) is 0. The molecule has 5 nitrogen and oxygen atoms in total. The van der Waals surface area contributed by atoms with E-state index in [4.69, 9.17) is 9.92 Å². The molecular formula is C43H41N4OPtSi-. The Balaban J connectivity index is 0.00000392. The Bertz CT molecular complexity index is 2350. The summed E-state index contributed by atoms with van der Waals surface area (Å²) in [6.07, 6.45) is 1.94. The van der Waals surface area contributed by atoms with Gasteiger partial charge in [0.2, 0.25) is 0 Å². The smallest absolute Gasteiger partial charge is 0.145 e. The Morgan fingerprint density at radius 1 is 0.700 bits per heavy atom. The van der Waals surface area contributed by atoms with Gasteiger partial charge in [0.15, 0.2) is 0 Å². The topological polar surface area (TPSA) is 37.1 Å². The molecule has 8 rings (SSSR count). The van der Waals surface area contributed by atoms with Crippen LogP contribution in [0.1, 0.15) is 39.2 Å². The van der Waals surface area contributed by atoms with Gasteiger partial charge >= 0.3 is 0 Å². The van der Waals surface area contributed by atoms with Gasteiger partial charge in [-0.1, -0.05) is 87.1 Å². The molecule has 0 bridgehead atoms. The van der Waals surface area contributed by atoms with E-state index in [1.807, 2.05) is 11.3 Å². The number of pyridine rings is 1. The molecule has 7 heteroatoms. The molecule has 1 aliphatic heterocycles. The minimum atomic E-state index is -2.27. The zero-order chi connectivity index (χ0) is 33.9. The predicted molar refractivity (Wildman–Crippen MR) is 207 cm³/mol. The normalized spacial score (nSPS) is 13.0. The number of anilines is 3. The van der Waals surface area contributed by atoms with Crippen molar-refractivity contribution in [3.8, 4) is 16.9 Å². The van der Waals surface area contributed by atoms with E-state index in [2.05, 4.69) is 178 Å². The quantitative estimate of drug-likeness (QED) is 0.0912. The summed E-state index contributed by atoms with van der Waals surface area (Å²) in [4.78, 5) is 9.96. The Kier molecular flexibility index (Phi) is 9.06. The molecule has 0 spiro atoms. The van der Waals surface area contributed by atoms with E-state index < -0.39 is 8.07 Å². The van der Waals surface area contributed by atoms with Gasteiger partial charge in [-0.25, -0.2) is 4.98 Å². The van der Waals surface area contributed by atoms with Crippen LogP contribution in [-0.2, 0) is 21.1 Å². The molecule has 0 aliphatic carbocycles. The second kappa shape index (κ2) is 13.3. The van der Waals surface area contributed by atoms with Crippen LogP contribution < -0.4 is 20.5 Å². The van der Waals surface area contributed by atoms with Gasteiger partial charge in [-0.3, -0.25) is 0 Å². The first-order valence-corrected chi connectivity index (χ1v) is 20.2. The summed E-state index contributed by atoms with van der Waals surface area (Å²) < 4.78 is 2.29. The number of rotatable bonds is 7.